The molecule has 0 aliphatic heterocycles. The number of halogens is 2. The first-order chi connectivity index (χ1) is 18.2. The van der Waals surface area contributed by atoms with E-state index < -0.39 is 23.6 Å². The molecule has 0 saturated heterocycles. The summed E-state index contributed by atoms with van der Waals surface area (Å²) in [5.41, 5.74) is 2.70. The topological polar surface area (TPSA) is 71.1 Å². The maximum absolute atomic E-state index is 14.7. The third-order valence-corrected chi connectivity index (χ3v) is 4.99. The monoisotopic (exact) mass is 518 g/mol. The van der Waals surface area contributed by atoms with Crippen molar-refractivity contribution in [3.8, 4) is 33.8 Å². The molecule has 0 fully saturated rings. The van der Waals surface area contributed by atoms with Crippen LogP contribution in [0.15, 0.2) is 110 Å². The summed E-state index contributed by atoms with van der Waals surface area (Å²) in [6.07, 6.45) is 4.21. The molecule has 0 N–H and O–H groups in total. The summed E-state index contributed by atoms with van der Waals surface area (Å²) in [6.45, 7) is 9.91. The standard InChI is InChI=1S/C30H24F2O6/c1-19(2)29(33)37-17-15-35-24-11-9-22(10-12-24)21-5-7-23(8-6-21)25-13-14-26(28(32)27(25)31)36-16-18-38-30(34)20(3)4/h5-18H,1,3H2,2,4H3. The van der Waals surface area contributed by atoms with Crippen LogP contribution in [0.2, 0.25) is 0 Å². The zero-order valence-electron chi connectivity index (χ0n) is 20.7. The summed E-state index contributed by atoms with van der Waals surface area (Å²) in [5.74, 6) is -3.32. The van der Waals surface area contributed by atoms with E-state index in [0.717, 1.165) is 29.9 Å². The van der Waals surface area contributed by atoms with Gasteiger partial charge in [-0.3, -0.25) is 0 Å². The van der Waals surface area contributed by atoms with E-state index in [-0.39, 0.29) is 22.5 Å². The Hall–Kier alpha value is -4.98. The number of ether oxygens (including phenoxy) is 4. The normalized spacial score (nSPS) is 10.8. The van der Waals surface area contributed by atoms with Crippen molar-refractivity contribution in [3.05, 3.63) is 122 Å². The molecule has 3 aromatic rings. The lowest BCUT2D eigenvalue weighted by molar-refractivity contribution is -0.134. The van der Waals surface area contributed by atoms with E-state index in [1.165, 1.54) is 32.2 Å². The van der Waals surface area contributed by atoms with Crippen LogP contribution < -0.4 is 9.47 Å². The Kier molecular flexibility index (Phi) is 9.31. The third-order valence-electron chi connectivity index (χ3n) is 4.99. The molecule has 0 amide bonds. The van der Waals surface area contributed by atoms with Crippen LogP contribution in [0.3, 0.4) is 0 Å². The van der Waals surface area contributed by atoms with E-state index in [2.05, 4.69) is 13.2 Å². The molecule has 0 heterocycles. The van der Waals surface area contributed by atoms with Gasteiger partial charge >= 0.3 is 11.9 Å². The molecule has 194 valence electrons. The second-order valence-corrected chi connectivity index (χ2v) is 7.99. The van der Waals surface area contributed by atoms with Gasteiger partial charge in [0.15, 0.2) is 11.6 Å². The quantitative estimate of drug-likeness (QED) is 0.160. The highest BCUT2D eigenvalue weighted by molar-refractivity contribution is 5.87. The fourth-order valence-electron chi connectivity index (χ4n) is 3.00. The first-order valence-electron chi connectivity index (χ1n) is 11.2. The van der Waals surface area contributed by atoms with E-state index in [1.807, 2.05) is 12.1 Å². The van der Waals surface area contributed by atoms with Crippen molar-refractivity contribution >= 4 is 11.9 Å². The predicted molar refractivity (Wildman–Crippen MR) is 139 cm³/mol. The van der Waals surface area contributed by atoms with Gasteiger partial charge in [-0.15, -0.1) is 0 Å². The average Bonchev–Trinajstić information content (AvgIpc) is 2.91. The fraction of sp³-hybridized carbons (Fsp3) is 0.0667. The van der Waals surface area contributed by atoms with E-state index >= 15 is 0 Å². The number of rotatable bonds is 10. The lowest BCUT2D eigenvalue weighted by atomic mass is 9.99. The van der Waals surface area contributed by atoms with Crippen molar-refractivity contribution in [1.82, 2.24) is 0 Å². The van der Waals surface area contributed by atoms with Gasteiger partial charge < -0.3 is 18.9 Å². The molecule has 0 atom stereocenters. The van der Waals surface area contributed by atoms with E-state index in [9.17, 15) is 18.4 Å². The number of hydrogen-bond acceptors (Lipinski definition) is 6. The Morgan fingerprint density at radius 3 is 1.63 bits per heavy atom. The second kappa shape index (κ2) is 12.8. The molecule has 0 unspecified atom stereocenters. The molecular formula is C30H24F2O6. The van der Waals surface area contributed by atoms with Crippen LogP contribution in [0.4, 0.5) is 8.78 Å². The first kappa shape index (κ1) is 27.6. The highest BCUT2D eigenvalue weighted by atomic mass is 19.2. The largest absolute Gasteiger partial charge is 0.462 e. The van der Waals surface area contributed by atoms with Crippen molar-refractivity contribution in [1.29, 1.82) is 0 Å². The molecule has 0 bridgehead atoms. The van der Waals surface area contributed by atoms with Gasteiger partial charge in [-0.25, -0.2) is 14.0 Å². The zero-order valence-corrected chi connectivity index (χ0v) is 20.7. The van der Waals surface area contributed by atoms with Crippen LogP contribution in [0.1, 0.15) is 13.8 Å². The number of esters is 2. The van der Waals surface area contributed by atoms with Gasteiger partial charge in [-0.1, -0.05) is 49.6 Å². The van der Waals surface area contributed by atoms with Gasteiger partial charge in [-0.2, -0.15) is 4.39 Å². The Morgan fingerprint density at radius 2 is 1.11 bits per heavy atom. The summed E-state index contributed by atoms with van der Waals surface area (Å²) >= 11 is 0. The summed E-state index contributed by atoms with van der Waals surface area (Å²) in [5, 5.41) is 0. The predicted octanol–water partition coefficient (Wildman–Crippen LogP) is 7.24. The maximum Gasteiger partial charge on any atom is 0.338 e. The SMILES string of the molecule is C=C(C)C(=O)OC=COc1ccc(-c2ccc(-c3ccc(OC=COC(=O)C(=C)C)c(F)c3F)cc2)cc1. The first-order valence-corrected chi connectivity index (χ1v) is 11.2. The Balaban J connectivity index is 1.65. The van der Waals surface area contributed by atoms with Gasteiger partial charge in [-0.05, 0) is 54.8 Å². The highest BCUT2D eigenvalue weighted by Gasteiger charge is 2.16. The maximum atomic E-state index is 14.7. The minimum Gasteiger partial charge on any atom is -0.462 e. The van der Waals surface area contributed by atoms with E-state index in [1.54, 1.807) is 36.4 Å². The molecule has 8 heteroatoms. The van der Waals surface area contributed by atoms with Crippen LogP contribution in [-0.2, 0) is 19.1 Å². The molecule has 0 aliphatic rings. The van der Waals surface area contributed by atoms with Gasteiger partial charge in [0.05, 0.1) is 0 Å². The molecule has 0 saturated carbocycles. The van der Waals surface area contributed by atoms with Crippen LogP contribution in [0.5, 0.6) is 11.5 Å². The molecule has 0 aliphatic carbocycles. The molecular weight excluding hydrogens is 494 g/mol. The van der Waals surface area contributed by atoms with Crippen molar-refractivity contribution < 1.29 is 37.3 Å². The Labute approximate surface area is 218 Å². The third kappa shape index (κ3) is 7.27. The van der Waals surface area contributed by atoms with Crippen LogP contribution >= 0.6 is 0 Å². The lowest BCUT2D eigenvalue weighted by Crippen LogP contribution is -2.00. The minimum atomic E-state index is -1.18. The van der Waals surface area contributed by atoms with Gasteiger partial charge in [0, 0.05) is 16.7 Å². The summed E-state index contributed by atoms with van der Waals surface area (Å²) in [6, 6.07) is 16.7. The molecule has 38 heavy (non-hydrogen) atoms. The number of benzene rings is 3. The zero-order chi connectivity index (χ0) is 27.7. The van der Waals surface area contributed by atoms with E-state index in [0.29, 0.717) is 11.3 Å². The lowest BCUT2D eigenvalue weighted by Gasteiger charge is -2.09. The molecule has 6 nitrogen and oxygen atoms in total. The van der Waals surface area contributed by atoms with Gasteiger partial charge in [0.25, 0.3) is 0 Å². The molecule has 3 aromatic carbocycles. The number of carbonyl (C=O) groups is 2. The second-order valence-electron chi connectivity index (χ2n) is 7.99. The highest BCUT2D eigenvalue weighted by Crippen LogP contribution is 2.32. The van der Waals surface area contributed by atoms with Crippen molar-refractivity contribution in [3.63, 3.8) is 0 Å². The Bertz CT molecular complexity index is 1400. The summed E-state index contributed by atoms with van der Waals surface area (Å²) < 4.78 is 49.2. The Morgan fingerprint density at radius 1 is 0.632 bits per heavy atom. The summed E-state index contributed by atoms with van der Waals surface area (Å²) in [7, 11) is 0. The smallest absolute Gasteiger partial charge is 0.338 e. The van der Waals surface area contributed by atoms with Crippen molar-refractivity contribution in [2.45, 2.75) is 13.8 Å². The molecule has 3 rings (SSSR count). The minimum absolute atomic E-state index is 0.0574. The summed E-state index contributed by atoms with van der Waals surface area (Å²) in [4.78, 5) is 22.6. The molecule has 0 spiro atoms. The van der Waals surface area contributed by atoms with Crippen LogP contribution in [0, 0.1) is 11.6 Å². The molecule has 0 radical (unpaired) electrons. The fourth-order valence-corrected chi connectivity index (χ4v) is 3.00. The van der Waals surface area contributed by atoms with Gasteiger partial charge in [0.1, 0.15) is 30.8 Å². The van der Waals surface area contributed by atoms with Gasteiger partial charge in [0.2, 0.25) is 5.82 Å². The van der Waals surface area contributed by atoms with Crippen molar-refractivity contribution in [2.75, 3.05) is 0 Å². The van der Waals surface area contributed by atoms with Crippen molar-refractivity contribution in [2.24, 2.45) is 0 Å². The number of carbonyl (C=O) groups excluding carboxylic acids is 2. The van der Waals surface area contributed by atoms with Crippen LogP contribution in [-0.4, -0.2) is 11.9 Å². The molecule has 0 aromatic heterocycles. The number of hydrogen-bond donors (Lipinski definition) is 0. The average molecular weight is 519 g/mol. The van der Waals surface area contributed by atoms with E-state index in [4.69, 9.17) is 18.9 Å². The van der Waals surface area contributed by atoms with Crippen LogP contribution in [0.25, 0.3) is 22.3 Å².